The van der Waals surface area contributed by atoms with Gasteiger partial charge in [0.25, 0.3) is 0 Å². The van der Waals surface area contributed by atoms with Gasteiger partial charge in [0.05, 0.1) is 12.7 Å². The molecule has 90 valence electrons. The van der Waals surface area contributed by atoms with Crippen LogP contribution in [0.5, 0.6) is 0 Å². The molecule has 3 rings (SSSR count). The Hall–Kier alpha value is -2.63. The molecule has 1 aliphatic rings. The van der Waals surface area contributed by atoms with Crippen LogP contribution in [0.3, 0.4) is 0 Å². The van der Waals surface area contributed by atoms with E-state index in [0.717, 1.165) is 11.3 Å². The minimum absolute atomic E-state index is 0.0484. The molecule has 0 spiro atoms. The van der Waals surface area contributed by atoms with Crippen LogP contribution in [0.1, 0.15) is 16.1 Å². The molecule has 1 aromatic carbocycles. The summed E-state index contributed by atoms with van der Waals surface area (Å²) < 4.78 is 0. The number of aromatic nitrogens is 2. The molecule has 1 aliphatic heterocycles. The van der Waals surface area contributed by atoms with Crippen LogP contribution >= 0.6 is 0 Å². The van der Waals surface area contributed by atoms with Crippen LogP contribution < -0.4 is 5.32 Å². The summed E-state index contributed by atoms with van der Waals surface area (Å²) in [4.78, 5) is 28.8. The minimum Gasteiger partial charge on any atom is -0.477 e. The van der Waals surface area contributed by atoms with Gasteiger partial charge < -0.3 is 15.4 Å². The van der Waals surface area contributed by atoms with Crippen molar-refractivity contribution in [1.82, 2.24) is 9.97 Å². The molecule has 3 N–H and O–H groups in total. The number of carboxylic acid groups (broad SMARTS) is 1. The molecule has 0 radical (unpaired) electrons. The average molecular weight is 243 g/mol. The quantitative estimate of drug-likeness (QED) is 0.740. The molecule has 0 saturated carbocycles. The zero-order chi connectivity index (χ0) is 12.7. The summed E-state index contributed by atoms with van der Waals surface area (Å²) in [5.41, 5.74) is 2.74. The molecule has 0 aliphatic carbocycles. The number of fused-ring (bicyclic) bond motifs is 1. The average Bonchev–Trinajstić information content (AvgIpc) is 2.91. The number of carbonyl (C=O) groups excluding carboxylic acids is 1. The number of benzene rings is 1. The van der Waals surface area contributed by atoms with E-state index in [4.69, 9.17) is 5.11 Å². The number of aromatic carboxylic acids is 1. The second-order valence-corrected chi connectivity index (χ2v) is 4.03. The molecule has 6 heteroatoms. The molecule has 0 atom stereocenters. The van der Waals surface area contributed by atoms with Crippen LogP contribution in [0.15, 0.2) is 24.5 Å². The van der Waals surface area contributed by atoms with Gasteiger partial charge in [0.15, 0.2) is 5.69 Å². The number of imidazole rings is 1. The second-order valence-electron chi connectivity index (χ2n) is 4.03. The molecule has 2 heterocycles. The van der Waals surface area contributed by atoms with Gasteiger partial charge in [-0.25, -0.2) is 9.78 Å². The van der Waals surface area contributed by atoms with Crippen molar-refractivity contribution in [3.8, 4) is 11.3 Å². The van der Waals surface area contributed by atoms with E-state index in [-0.39, 0.29) is 11.6 Å². The van der Waals surface area contributed by atoms with E-state index in [0.29, 0.717) is 17.7 Å². The first-order valence-corrected chi connectivity index (χ1v) is 5.35. The highest BCUT2D eigenvalue weighted by atomic mass is 16.4. The number of anilines is 1. The van der Waals surface area contributed by atoms with Crippen LogP contribution in [0.25, 0.3) is 11.3 Å². The summed E-state index contributed by atoms with van der Waals surface area (Å²) in [5, 5.41) is 11.7. The maximum atomic E-state index is 11.2. The maximum Gasteiger partial charge on any atom is 0.354 e. The largest absolute Gasteiger partial charge is 0.477 e. The van der Waals surface area contributed by atoms with E-state index in [2.05, 4.69) is 15.3 Å². The molecular formula is C12H9N3O3. The Balaban J connectivity index is 2.08. The van der Waals surface area contributed by atoms with Crippen molar-refractivity contribution in [2.75, 3.05) is 5.32 Å². The maximum absolute atomic E-state index is 11.2. The summed E-state index contributed by atoms with van der Waals surface area (Å²) in [6.07, 6.45) is 1.66. The molecule has 2 aromatic rings. The van der Waals surface area contributed by atoms with Gasteiger partial charge in [0, 0.05) is 11.3 Å². The number of H-pyrrole nitrogens is 1. The van der Waals surface area contributed by atoms with Gasteiger partial charge in [-0.3, -0.25) is 4.79 Å². The number of hydrogen-bond donors (Lipinski definition) is 3. The van der Waals surface area contributed by atoms with Crippen LogP contribution in [0.4, 0.5) is 5.69 Å². The molecular weight excluding hydrogens is 234 g/mol. The van der Waals surface area contributed by atoms with Gasteiger partial charge in [-0.1, -0.05) is 6.07 Å². The Morgan fingerprint density at radius 2 is 2.22 bits per heavy atom. The monoisotopic (exact) mass is 243 g/mol. The van der Waals surface area contributed by atoms with Crippen molar-refractivity contribution < 1.29 is 14.7 Å². The SMILES string of the molecule is O=C1Cc2cc(-c3nc[nH]c3C(=O)O)ccc2N1. The predicted octanol–water partition coefficient (Wildman–Crippen LogP) is 1.27. The van der Waals surface area contributed by atoms with Gasteiger partial charge >= 0.3 is 5.97 Å². The Morgan fingerprint density at radius 1 is 1.39 bits per heavy atom. The number of amides is 1. The van der Waals surface area contributed by atoms with Gasteiger partial charge in [0.2, 0.25) is 5.91 Å². The number of nitrogens with zero attached hydrogens (tertiary/aromatic N) is 1. The summed E-state index contributed by atoms with van der Waals surface area (Å²) in [6.45, 7) is 0. The third-order valence-electron chi connectivity index (χ3n) is 2.86. The highest BCUT2D eigenvalue weighted by Gasteiger charge is 2.20. The van der Waals surface area contributed by atoms with E-state index >= 15 is 0 Å². The van der Waals surface area contributed by atoms with Crippen molar-refractivity contribution in [2.45, 2.75) is 6.42 Å². The van der Waals surface area contributed by atoms with Gasteiger partial charge in [-0.2, -0.15) is 0 Å². The molecule has 6 nitrogen and oxygen atoms in total. The third-order valence-corrected chi connectivity index (χ3v) is 2.86. The van der Waals surface area contributed by atoms with E-state index in [1.807, 2.05) is 0 Å². The van der Waals surface area contributed by atoms with Crippen molar-refractivity contribution in [3.05, 3.63) is 35.8 Å². The van der Waals surface area contributed by atoms with Crippen LogP contribution in [-0.4, -0.2) is 27.0 Å². The standard InChI is InChI=1S/C12H9N3O3/c16-9-4-7-3-6(1-2-8(7)15-9)10-11(12(17)18)14-5-13-10/h1-3,5H,4H2,(H,13,14)(H,15,16)(H,17,18). The molecule has 0 saturated heterocycles. The van der Waals surface area contributed by atoms with Gasteiger partial charge in [-0.15, -0.1) is 0 Å². The first-order valence-electron chi connectivity index (χ1n) is 5.35. The summed E-state index contributed by atoms with van der Waals surface area (Å²) in [7, 11) is 0. The molecule has 18 heavy (non-hydrogen) atoms. The van der Waals surface area contributed by atoms with Crippen molar-refractivity contribution in [1.29, 1.82) is 0 Å². The smallest absolute Gasteiger partial charge is 0.354 e. The zero-order valence-corrected chi connectivity index (χ0v) is 9.23. The topological polar surface area (TPSA) is 95.1 Å². The Kier molecular flexibility index (Phi) is 2.16. The van der Waals surface area contributed by atoms with E-state index in [1.165, 1.54) is 6.33 Å². The number of nitrogens with one attached hydrogen (secondary N) is 2. The second kappa shape index (κ2) is 3.69. The van der Waals surface area contributed by atoms with E-state index in [9.17, 15) is 9.59 Å². The van der Waals surface area contributed by atoms with Gasteiger partial charge in [-0.05, 0) is 17.7 Å². The lowest BCUT2D eigenvalue weighted by molar-refractivity contribution is -0.115. The lowest BCUT2D eigenvalue weighted by Gasteiger charge is -2.02. The van der Waals surface area contributed by atoms with Crippen molar-refractivity contribution >= 4 is 17.6 Å². The highest BCUT2D eigenvalue weighted by Crippen LogP contribution is 2.29. The van der Waals surface area contributed by atoms with E-state index in [1.54, 1.807) is 18.2 Å². The zero-order valence-electron chi connectivity index (χ0n) is 9.23. The third kappa shape index (κ3) is 1.55. The van der Waals surface area contributed by atoms with Crippen LogP contribution in [0, 0.1) is 0 Å². The lowest BCUT2D eigenvalue weighted by atomic mass is 10.0. The number of aromatic amines is 1. The molecule has 0 bridgehead atoms. The van der Waals surface area contributed by atoms with Crippen LogP contribution in [-0.2, 0) is 11.2 Å². The predicted molar refractivity (Wildman–Crippen MR) is 63.3 cm³/mol. The fourth-order valence-electron chi connectivity index (χ4n) is 2.05. The first-order chi connectivity index (χ1) is 8.65. The first kappa shape index (κ1) is 10.5. The number of hydrogen-bond acceptors (Lipinski definition) is 3. The Bertz CT molecular complexity index is 660. The summed E-state index contributed by atoms with van der Waals surface area (Å²) >= 11 is 0. The fraction of sp³-hybridized carbons (Fsp3) is 0.0833. The minimum atomic E-state index is -1.06. The number of carboxylic acids is 1. The van der Waals surface area contributed by atoms with Gasteiger partial charge in [0.1, 0.15) is 5.69 Å². The number of carbonyl (C=O) groups is 2. The van der Waals surface area contributed by atoms with Crippen molar-refractivity contribution in [2.24, 2.45) is 0 Å². The Morgan fingerprint density at radius 3 is 3.00 bits per heavy atom. The molecule has 0 fully saturated rings. The summed E-state index contributed by atoms with van der Waals surface area (Å²) in [6, 6.07) is 5.29. The molecule has 1 amide bonds. The normalized spacial score (nSPS) is 13.2. The fourth-order valence-corrected chi connectivity index (χ4v) is 2.05. The molecule has 0 unspecified atom stereocenters. The Labute approximate surface area is 102 Å². The van der Waals surface area contributed by atoms with Crippen molar-refractivity contribution in [3.63, 3.8) is 0 Å². The molecule has 1 aromatic heterocycles. The highest BCUT2D eigenvalue weighted by molar-refractivity contribution is 6.00. The van der Waals surface area contributed by atoms with Crippen LogP contribution in [0.2, 0.25) is 0 Å². The number of rotatable bonds is 2. The summed E-state index contributed by atoms with van der Waals surface area (Å²) in [5.74, 6) is -1.11. The van der Waals surface area contributed by atoms with E-state index < -0.39 is 5.97 Å². The lowest BCUT2D eigenvalue weighted by Crippen LogP contribution is -2.03.